The fourth-order valence-corrected chi connectivity index (χ4v) is 2.71. The minimum absolute atomic E-state index is 0.104. The van der Waals surface area contributed by atoms with E-state index in [2.05, 4.69) is 10.6 Å². The second-order valence-electron chi connectivity index (χ2n) is 6.70. The maximum Gasteiger partial charge on any atom is 0.416 e. The van der Waals surface area contributed by atoms with E-state index in [0.717, 1.165) is 24.3 Å². The van der Waals surface area contributed by atoms with E-state index in [0.29, 0.717) is 24.1 Å². The van der Waals surface area contributed by atoms with Gasteiger partial charge in [-0.25, -0.2) is 0 Å². The van der Waals surface area contributed by atoms with Crippen molar-refractivity contribution in [3.8, 4) is 0 Å². The number of ketones is 1. The van der Waals surface area contributed by atoms with E-state index in [1.165, 1.54) is 6.92 Å². The number of hydrogen-bond donors (Lipinski definition) is 2. The molecule has 28 heavy (non-hydrogen) atoms. The fraction of sp³-hybridized carbons (Fsp3) is 0.250. The van der Waals surface area contributed by atoms with Gasteiger partial charge in [-0.15, -0.1) is 0 Å². The largest absolute Gasteiger partial charge is 0.416 e. The Labute approximate surface area is 158 Å². The number of hydrogen-bond acceptors (Lipinski definition) is 3. The zero-order chi connectivity index (χ0) is 20.5. The quantitative estimate of drug-likeness (QED) is 0.592. The highest BCUT2D eigenvalue weighted by Gasteiger charge is 2.56. The van der Waals surface area contributed by atoms with Gasteiger partial charge in [-0.05, 0) is 68.3 Å². The second-order valence-corrected chi connectivity index (χ2v) is 6.70. The molecule has 2 aromatic rings. The van der Waals surface area contributed by atoms with Gasteiger partial charge in [0.05, 0.1) is 5.56 Å². The van der Waals surface area contributed by atoms with E-state index in [4.69, 9.17) is 0 Å². The fourth-order valence-electron chi connectivity index (χ4n) is 2.71. The molecular weight excluding hydrogens is 373 g/mol. The van der Waals surface area contributed by atoms with E-state index < -0.39 is 29.0 Å². The summed E-state index contributed by atoms with van der Waals surface area (Å²) >= 11 is 0. The van der Waals surface area contributed by atoms with Crippen LogP contribution in [0.4, 0.5) is 24.5 Å². The predicted molar refractivity (Wildman–Crippen MR) is 96.8 cm³/mol. The van der Waals surface area contributed by atoms with Crippen molar-refractivity contribution in [3.63, 3.8) is 0 Å². The van der Waals surface area contributed by atoms with Crippen molar-refractivity contribution in [2.45, 2.75) is 25.9 Å². The Morgan fingerprint density at radius 1 is 0.821 bits per heavy atom. The number of alkyl halides is 3. The van der Waals surface area contributed by atoms with E-state index in [1.54, 1.807) is 24.3 Å². The average Bonchev–Trinajstić information content (AvgIpc) is 3.44. The molecule has 146 valence electrons. The third-order valence-corrected chi connectivity index (χ3v) is 4.64. The number of amides is 2. The first kappa shape index (κ1) is 19.6. The smallest absolute Gasteiger partial charge is 0.325 e. The maximum atomic E-state index is 12.6. The summed E-state index contributed by atoms with van der Waals surface area (Å²) in [4.78, 5) is 36.3. The van der Waals surface area contributed by atoms with Crippen molar-refractivity contribution in [2.75, 3.05) is 10.6 Å². The van der Waals surface area contributed by atoms with Crippen LogP contribution in [0.2, 0.25) is 0 Å². The highest BCUT2D eigenvalue weighted by molar-refractivity contribution is 6.17. The van der Waals surface area contributed by atoms with Crippen molar-refractivity contribution in [1.82, 2.24) is 0 Å². The summed E-state index contributed by atoms with van der Waals surface area (Å²) in [6.45, 7) is 1.43. The first-order valence-electron chi connectivity index (χ1n) is 8.53. The summed E-state index contributed by atoms with van der Waals surface area (Å²) in [5, 5.41) is 5.15. The molecule has 0 aromatic heterocycles. The molecule has 0 bridgehead atoms. The van der Waals surface area contributed by atoms with Crippen LogP contribution in [0.15, 0.2) is 48.5 Å². The van der Waals surface area contributed by atoms with Crippen LogP contribution in [0.5, 0.6) is 0 Å². The molecule has 0 heterocycles. The highest BCUT2D eigenvalue weighted by atomic mass is 19.4. The minimum Gasteiger partial charge on any atom is -0.325 e. The number of nitrogens with one attached hydrogen (secondary N) is 2. The number of carbonyl (C=O) groups is 3. The Balaban J connectivity index is 1.66. The van der Waals surface area contributed by atoms with Gasteiger partial charge >= 0.3 is 6.18 Å². The van der Waals surface area contributed by atoms with Gasteiger partial charge in [0.1, 0.15) is 5.41 Å². The molecule has 1 aliphatic rings. The predicted octanol–water partition coefficient (Wildman–Crippen LogP) is 4.27. The van der Waals surface area contributed by atoms with Crippen LogP contribution in [0, 0.1) is 5.41 Å². The van der Waals surface area contributed by atoms with Crippen LogP contribution in [-0.4, -0.2) is 17.6 Å². The molecule has 1 saturated carbocycles. The Hall–Kier alpha value is -3.16. The van der Waals surface area contributed by atoms with E-state index >= 15 is 0 Å². The summed E-state index contributed by atoms with van der Waals surface area (Å²) in [5.74, 6) is -1.16. The topological polar surface area (TPSA) is 75.3 Å². The summed E-state index contributed by atoms with van der Waals surface area (Å²) < 4.78 is 37.8. The lowest BCUT2D eigenvalue weighted by atomic mass is 10.0. The first-order valence-corrected chi connectivity index (χ1v) is 8.53. The van der Waals surface area contributed by atoms with Crippen LogP contribution in [0.25, 0.3) is 0 Å². The molecule has 2 amide bonds. The summed E-state index contributed by atoms with van der Waals surface area (Å²) in [7, 11) is 0. The SMILES string of the molecule is CC(=O)c1ccc(NC(=O)C2(C(=O)Nc3ccc(C(F)(F)F)cc3)CC2)cc1. The number of halogens is 3. The summed E-state index contributed by atoms with van der Waals surface area (Å²) in [6, 6.07) is 10.3. The molecule has 0 saturated heterocycles. The monoisotopic (exact) mass is 390 g/mol. The van der Waals surface area contributed by atoms with Crippen molar-refractivity contribution < 1.29 is 27.6 Å². The van der Waals surface area contributed by atoms with Gasteiger partial charge in [-0.1, -0.05) is 0 Å². The van der Waals surface area contributed by atoms with Crippen LogP contribution in [-0.2, 0) is 15.8 Å². The molecule has 5 nitrogen and oxygen atoms in total. The molecule has 1 fully saturated rings. The van der Waals surface area contributed by atoms with Gasteiger partial charge in [-0.3, -0.25) is 14.4 Å². The minimum atomic E-state index is -4.46. The Morgan fingerprint density at radius 2 is 1.25 bits per heavy atom. The number of anilines is 2. The van der Waals surface area contributed by atoms with Gasteiger partial charge in [-0.2, -0.15) is 13.2 Å². The molecule has 0 radical (unpaired) electrons. The van der Waals surface area contributed by atoms with Crippen molar-refractivity contribution in [3.05, 3.63) is 59.7 Å². The maximum absolute atomic E-state index is 12.6. The standard InChI is InChI=1S/C20H17F3N2O3/c1-12(26)13-2-6-15(7-3-13)24-17(27)19(10-11-19)18(28)25-16-8-4-14(5-9-16)20(21,22)23/h2-9H,10-11H2,1H3,(H,24,27)(H,25,28). The lowest BCUT2D eigenvalue weighted by Crippen LogP contribution is -2.35. The third kappa shape index (κ3) is 4.05. The van der Waals surface area contributed by atoms with Crippen molar-refractivity contribution in [1.29, 1.82) is 0 Å². The molecule has 8 heteroatoms. The zero-order valence-electron chi connectivity index (χ0n) is 14.9. The molecule has 0 unspecified atom stereocenters. The lowest BCUT2D eigenvalue weighted by Gasteiger charge is -2.16. The zero-order valence-corrected chi connectivity index (χ0v) is 14.9. The number of carbonyl (C=O) groups excluding carboxylic acids is 3. The molecule has 0 aliphatic heterocycles. The molecule has 1 aliphatic carbocycles. The van der Waals surface area contributed by atoms with Crippen LogP contribution in [0.3, 0.4) is 0 Å². The molecule has 3 rings (SSSR count). The van der Waals surface area contributed by atoms with E-state index in [9.17, 15) is 27.6 Å². The average molecular weight is 390 g/mol. The van der Waals surface area contributed by atoms with E-state index in [-0.39, 0.29) is 11.5 Å². The van der Waals surface area contributed by atoms with Gasteiger partial charge in [0.15, 0.2) is 5.78 Å². The molecular formula is C20H17F3N2O3. The Kier molecular flexibility index (Phi) is 4.97. The molecule has 0 spiro atoms. The van der Waals surface area contributed by atoms with E-state index in [1.807, 2.05) is 0 Å². The van der Waals surface area contributed by atoms with Crippen LogP contribution >= 0.6 is 0 Å². The molecule has 2 aromatic carbocycles. The lowest BCUT2D eigenvalue weighted by molar-refractivity contribution is -0.137. The van der Waals surface area contributed by atoms with Crippen LogP contribution < -0.4 is 10.6 Å². The highest BCUT2D eigenvalue weighted by Crippen LogP contribution is 2.47. The molecule has 2 N–H and O–H groups in total. The van der Waals surface area contributed by atoms with Gasteiger partial charge < -0.3 is 10.6 Å². The van der Waals surface area contributed by atoms with Gasteiger partial charge in [0.2, 0.25) is 11.8 Å². The second kappa shape index (κ2) is 7.10. The number of Topliss-reactive ketones (excluding diaryl/α,β-unsaturated/α-hetero) is 1. The first-order chi connectivity index (χ1) is 13.1. The molecule has 0 atom stereocenters. The Bertz CT molecular complexity index is 915. The number of benzene rings is 2. The van der Waals surface area contributed by atoms with Crippen molar-refractivity contribution >= 4 is 29.0 Å². The van der Waals surface area contributed by atoms with Crippen LogP contribution in [0.1, 0.15) is 35.7 Å². The Morgan fingerprint density at radius 3 is 1.61 bits per heavy atom. The summed E-state index contributed by atoms with van der Waals surface area (Å²) in [5.41, 5.74) is -0.939. The normalized spacial score (nSPS) is 14.9. The summed E-state index contributed by atoms with van der Waals surface area (Å²) in [6.07, 6.45) is -3.77. The number of rotatable bonds is 5. The van der Waals surface area contributed by atoms with Crippen molar-refractivity contribution in [2.24, 2.45) is 5.41 Å². The van der Waals surface area contributed by atoms with Gasteiger partial charge in [0.25, 0.3) is 0 Å². The third-order valence-electron chi connectivity index (χ3n) is 4.64. The van der Waals surface area contributed by atoms with Gasteiger partial charge in [0, 0.05) is 16.9 Å².